The quantitative estimate of drug-likeness (QED) is 0.452. The van der Waals surface area contributed by atoms with Crippen molar-refractivity contribution in [2.24, 2.45) is 0 Å². The molecule has 0 atom stereocenters. The molecule has 0 aliphatic rings. The van der Waals surface area contributed by atoms with Gasteiger partial charge in [-0.05, 0) is 6.42 Å². The third-order valence-electron chi connectivity index (χ3n) is 3.16. The summed E-state index contributed by atoms with van der Waals surface area (Å²) in [4.78, 5) is 37.0. The maximum absolute atomic E-state index is 11.8. The van der Waals surface area contributed by atoms with Crippen molar-refractivity contribution in [2.75, 3.05) is 40.9 Å². The molecule has 0 aromatic heterocycles. The summed E-state index contributed by atoms with van der Waals surface area (Å²) in [7, 11) is 4.19. The third kappa shape index (κ3) is 9.20. The van der Waals surface area contributed by atoms with E-state index in [1.54, 1.807) is 0 Å². The Morgan fingerprint density at radius 1 is 0.909 bits per heavy atom. The predicted octanol–water partition coefficient (Wildman–Crippen LogP) is 1.66. The number of likely N-dealkylation sites (N-methyl/N-ethyl adjacent to an activating group) is 2. The zero-order valence-corrected chi connectivity index (χ0v) is 14.1. The van der Waals surface area contributed by atoms with Crippen molar-refractivity contribution in [3.05, 3.63) is 0 Å². The van der Waals surface area contributed by atoms with Gasteiger partial charge in [0.2, 0.25) is 5.91 Å². The summed E-state index contributed by atoms with van der Waals surface area (Å²) in [5, 5.41) is 0. The fourth-order valence-electron chi connectivity index (χ4n) is 1.76. The van der Waals surface area contributed by atoms with Gasteiger partial charge in [0.1, 0.15) is 13.1 Å². The van der Waals surface area contributed by atoms with Crippen LogP contribution in [0.5, 0.6) is 0 Å². The van der Waals surface area contributed by atoms with Crippen LogP contribution in [0.15, 0.2) is 0 Å². The lowest BCUT2D eigenvalue weighted by Gasteiger charge is -2.20. The summed E-state index contributed by atoms with van der Waals surface area (Å²) in [6, 6.07) is 0. The molecule has 0 spiro atoms. The van der Waals surface area contributed by atoms with Crippen LogP contribution < -0.4 is 0 Å². The first-order chi connectivity index (χ1) is 10.4. The molecule has 128 valence electrons. The molecule has 0 rings (SSSR count). The normalized spacial score (nSPS) is 10.0. The topological polar surface area (TPSA) is 76.2 Å². The maximum Gasteiger partial charge on any atom is 0.409 e. The Morgan fingerprint density at radius 2 is 1.55 bits per heavy atom. The van der Waals surface area contributed by atoms with Gasteiger partial charge in [0.25, 0.3) is 0 Å². The number of carbonyl (C=O) groups is 3. The molecule has 0 saturated carbocycles. The van der Waals surface area contributed by atoms with E-state index in [2.05, 4.69) is 11.7 Å². The SMILES string of the molecule is CCCCCCCOC(=O)CN(C)C(=O)CN(C)C(=O)OC. The van der Waals surface area contributed by atoms with Crippen LogP contribution in [-0.2, 0) is 19.1 Å². The largest absolute Gasteiger partial charge is 0.464 e. The van der Waals surface area contributed by atoms with E-state index in [-0.39, 0.29) is 19.0 Å². The van der Waals surface area contributed by atoms with E-state index in [4.69, 9.17) is 4.74 Å². The van der Waals surface area contributed by atoms with E-state index in [0.29, 0.717) is 6.61 Å². The molecular weight excluding hydrogens is 288 g/mol. The average Bonchev–Trinajstić information content (AvgIpc) is 2.49. The van der Waals surface area contributed by atoms with Gasteiger partial charge in [0.05, 0.1) is 13.7 Å². The third-order valence-corrected chi connectivity index (χ3v) is 3.16. The fourth-order valence-corrected chi connectivity index (χ4v) is 1.76. The minimum absolute atomic E-state index is 0.122. The van der Waals surface area contributed by atoms with Crippen LogP contribution in [0.1, 0.15) is 39.0 Å². The number of nitrogens with zero attached hydrogens (tertiary/aromatic N) is 2. The van der Waals surface area contributed by atoms with E-state index in [1.165, 1.54) is 38.9 Å². The molecule has 0 aliphatic heterocycles. The molecule has 0 N–H and O–H groups in total. The van der Waals surface area contributed by atoms with Gasteiger partial charge in [-0.25, -0.2) is 4.79 Å². The van der Waals surface area contributed by atoms with Crippen molar-refractivity contribution < 1.29 is 23.9 Å². The molecule has 0 aromatic rings. The highest BCUT2D eigenvalue weighted by atomic mass is 16.5. The first-order valence-corrected chi connectivity index (χ1v) is 7.61. The second kappa shape index (κ2) is 11.8. The second-order valence-corrected chi connectivity index (χ2v) is 5.21. The van der Waals surface area contributed by atoms with Crippen molar-refractivity contribution >= 4 is 18.0 Å². The molecule has 0 radical (unpaired) electrons. The minimum Gasteiger partial charge on any atom is -0.464 e. The van der Waals surface area contributed by atoms with E-state index >= 15 is 0 Å². The van der Waals surface area contributed by atoms with Crippen LogP contribution in [0.2, 0.25) is 0 Å². The number of esters is 1. The molecule has 2 amide bonds. The molecule has 0 saturated heterocycles. The number of ether oxygens (including phenoxy) is 2. The number of rotatable bonds is 10. The van der Waals surface area contributed by atoms with Crippen molar-refractivity contribution in [2.45, 2.75) is 39.0 Å². The zero-order valence-electron chi connectivity index (χ0n) is 14.1. The molecule has 22 heavy (non-hydrogen) atoms. The lowest BCUT2D eigenvalue weighted by molar-refractivity contribution is -0.148. The summed E-state index contributed by atoms with van der Waals surface area (Å²) in [5.41, 5.74) is 0. The predicted molar refractivity (Wildman–Crippen MR) is 82.4 cm³/mol. The number of unbranched alkanes of at least 4 members (excludes halogenated alkanes) is 4. The van der Waals surface area contributed by atoms with Gasteiger partial charge in [-0.1, -0.05) is 32.6 Å². The summed E-state index contributed by atoms with van der Waals surface area (Å²) < 4.78 is 9.57. The average molecular weight is 316 g/mol. The van der Waals surface area contributed by atoms with Crippen LogP contribution in [0.4, 0.5) is 4.79 Å². The highest BCUT2D eigenvalue weighted by molar-refractivity contribution is 5.85. The molecule has 0 aliphatic carbocycles. The van der Waals surface area contributed by atoms with Gasteiger partial charge in [-0.15, -0.1) is 0 Å². The zero-order chi connectivity index (χ0) is 17.0. The Labute approximate surface area is 132 Å². The Kier molecular flexibility index (Phi) is 10.9. The van der Waals surface area contributed by atoms with Crippen LogP contribution in [0.25, 0.3) is 0 Å². The van der Waals surface area contributed by atoms with E-state index in [0.717, 1.165) is 24.2 Å². The van der Waals surface area contributed by atoms with Gasteiger partial charge < -0.3 is 19.3 Å². The summed E-state index contributed by atoms with van der Waals surface area (Å²) in [6.45, 7) is 2.26. The lowest BCUT2D eigenvalue weighted by Crippen LogP contribution is -2.41. The Bertz CT molecular complexity index is 360. The smallest absolute Gasteiger partial charge is 0.409 e. The van der Waals surface area contributed by atoms with Crippen molar-refractivity contribution in [1.82, 2.24) is 9.80 Å². The number of methoxy groups -OCH3 is 1. The highest BCUT2D eigenvalue weighted by Crippen LogP contribution is 2.02. The van der Waals surface area contributed by atoms with Crippen molar-refractivity contribution in [1.29, 1.82) is 0 Å². The fraction of sp³-hybridized carbons (Fsp3) is 0.800. The Hall–Kier alpha value is -1.79. The number of hydrogen-bond donors (Lipinski definition) is 0. The summed E-state index contributed by atoms with van der Waals surface area (Å²) >= 11 is 0. The first-order valence-electron chi connectivity index (χ1n) is 7.61. The highest BCUT2D eigenvalue weighted by Gasteiger charge is 2.18. The van der Waals surface area contributed by atoms with Gasteiger partial charge in [-0.3, -0.25) is 9.59 Å². The van der Waals surface area contributed by atoms with Crippen LogP contribution in [0.3, 0.4) is 0 Å². The number of hydrogen-bond acceptors (Lipinski definition) is 5. The Balaban J connectivity index is 3.89. The molecule has 0 bridgehead atoms. The van der Waals surface area contributed by atoms with Crippen molar-refractivity contribution in [3.8, 4) is 0 Å². The van der Waals surface area contributed by atoms with Crippen LogP contribution in [-0.4, -0.2) is 68.7 Å². The first kappa shape index (κ1) is 20.2. The van der Waals surface area contributed by atoms with E-state index in [1.807, 2.05) is 0 Å². The van der Waals surface area contributed by atoms with Crippen LogP contribution in [0, 0.1) is 0 Å². The minimum atomic E-state index is -0.601. The molecule has 0 unspecified atom stereocenters. The monoisotopic (exact) mass is 316 g/mol. The van der Waals surface area contributed by atoms with Gasteiger partial charge in [0.15, 0.2) is 0 Å². The van der Waals surface area contributed by atoms with Crippen LogP contribution >= 0.6 is 0 Å². The van der Waals surface area contributed by atoms with E-state index < -0.39 is 12.1 Å². The van der Waals surface area contributed by atoms with E-state index in [9.17, 15) is 14.4 Å². The molecular formula is C15H28N2O5. The summed E-state index contributed by atoms with van der Waals surface area (Å²) in [6.07, 6.45) is 4.79. The molecule has 7 nitrogen and oxygen atoms in total. The number of carbonyl (C=O) groups excluding carboxylic acids is 3. The second-order valence-electron chi connectivity index (χ2n) is 5.21. The van der Waals surface area contributed by atoms with Crippen molar-refractivity contribution in [3.63, 3.8) is 0 Å². The standard InChI is InChI=1S/C15H28N2O5/c1-5-6-7-8-9-10-22-14(19)12-16(2)13(18)11-17(3)15(20)21-4/h5-12H2,1-4H3. The van der Waals surface area contributed by atoms with Gasteiger partial charge >= 0.3 is 12.1 Å². The lowest BCUT2D eigenvalue weighted by atomic mass is 10.2. The number of amides is 2. The summed E-state index contributed by atoms with van der Waals surface area (Å²) in [5.74, 6) is -0.792. The molecule has 0 fully saturated rings. The van der Waals surface area contributed by atoms with Gasteiger partial charge in [0, 0.05) is 14.1 Å². The molecule has 0 heterocycles. The molecule has 7 heteroatoms. The van der Waals surface area contributed by atoms with Gasteiger partial charge in [-0.2, -0.15) is 0 Å². The Morgan fingerprint density at radius 3 is 2.14 bits per heavy atom. The molecule has 0 aromatic carbocycles. The maximum atomic E-state index is 11.8.